The Labute approximate surface area is 168 Å². The predicted octanol–water partition coefficient (Wildman–Crippen LogP) is 3.71. The molecule has 0 spiro atoms. The minimum atomic E-state index is -0.772. The number of benzene rings is 2. The number of nitrogens with one attached hydrogen (secondary N) is 1. The van der Waals surface area contributed by atoms with E-state index in [4.69, 9.17) is 4.42 Å². The fraction of sp³-hybridized carbons (Fsp3) is 0.100. The van der Waals surface area contributed by atoms with E-state index >= 15 is 0 Å². The van der Waals surface area contributed by atoms with Gasteiger partial charge in [0.25, 0.3) is 0 Å². The topological polar surface area (TPSA) is 90.0 Å². The van der Waals surface area contributed by atoms with Gasteiger partial charge in [-0.1, -0.05) is 12.1 Å². The quantitative estimate of drug-likeness (QED) is 0.542. The Morgan fingerprint density at radius 1 is 1.21 bits per heavy atom. The third-order valence-corrected chi connectivity index (χ3v) is 4.83. The van der Waals surface area contributed by atoms with Gasteiger partial charge in [-0.3, -0.25) is 4.79 Å². The number of thiazole rings is 1. The van der Waals surface area contributed by atoms with Gasteiger partial charge in [-0.15, -0.1) is 16.4 Å². The smallest absolute Gasteiger partial charge is 0.388 e. The lowest BCUT2D eigenvalue weighted by Crippen LogP contribution is -2.25. The molecule has 2 aromatic carbocycles. The molecule has 0 saturated heterocycles. The minimum absolute atomic E-state index is 0.0173. The first-order valence-corrected chi connectivity index (χ1v) is 9.52. The highest BCUT2D eigenvalue weighted by Gasteiger charge is 2.14. The normalized spacial score (nSPS) is 10.8. The van der Waals surface area contributed by atoms with Crippen LogP contribution < -0.4 is 11.1 Å². The van der Waals surface area contributed by atoms with Crippen molar-refractivity contribution in [3.05, 3.63) is 75.3 Å². The molecule has 2 aromatic heterocycles. The van der Waals surface area contributed by atoms with Crippen LogP contribution in [0.4, 0.5) is 10.1 Å². The van der Waals surface area contributed by atoms with E-state index < -0.39 is 17.5 Å². The fourth-order valence-corrected chi connectivity index (χ4v) is 3.33. The summed E-state index contributed by atoms with van der Waals surface area (Å²) in [6.45, 7) is 1.61. The minimum Gasteiger partial charge on any atom is -0.388 e. The monoisotopic (exact) mass is 410 g/mol. The number of halogens is 1. The Hall–Kier alpha value is -3.59. The molecule has 7 nitrogen and oxygen atoms in total. The maximum atomic E-state index is 13.0. The Bertz CT molecular complexity index is 1230. The number of aromatic nitrogens is 3. The molecule has 146 valence electrons. The molecule has 0 fully saturated rings. The Morgan fingerprint density at radius 2 is 2.00 bits per heavy atom. The zero-order chi connectivity index (χ0) is 20.4. The van der Waals surface area contributed by atoms with Gasteiger partial charge in [-0.25, -0.2) is 14.2 Å². The van der Waals surface area contributed by atoms with E-state index in [1.807, 2.05) is 30.5 Å². The summed E-state index contributed by atoms with van der Waals surface area (Å²) in [5, 5.41) is 9.64. The molecule has 4 aromatic rings. The summed E-state index contributed by atoms with van der Waals surface area (Å²) in [6.07, 6.45) is 0. The van der Waals surface area contributed by atoms with Crippen LogP contribution in [0.2, 0.25) is 0 Å². The molecule has 0 unspecified atom stereocenters. The van der Waals surface area contributed by atoms with Gasteiger partial charge in [-0.2, -0.15) is 4.68 Å². The van der Waals surface area contributed by atoms with Crippen molar-refractivity contribution in [2.24, 2.45) is 0 Å². The summed E-state index contributed by atoms with van der Waals surface area (Å²) in [5.41, 5.74) is 2.73. The van der Waals surface area contributed by atoms with E-state index in [1.54, 1.807) is 17.4 Å². The zero-order valence-electron chi connectivity index (χ0n) is 15.3. The average molecular weight is 410 g/mol. The molecule has 2 heterocycles. The largest absolute Gasteiger partial charge is 0.437 e. The van der Waals surface area contributed by atoms with E-state index in [0.29, 0.717) is 11.3 Å². The predicted molar refractivity (Wildman–Crippen MR) is 107 cm³/mol. The van der Waals surface area contributed by atoms with Crippen LogP contribution in [0.25, 0.3) is 22.7 Å². The molecule has 0 aliphatic heterocycles. The number of rotatable bonds is 5. The van der Waals surface area contributed by atoms with Gasteiger partial charge in [0.2, 0.25) is 11.8 Å². The highest BCUT2D eigenvalue weighted by molar-refractivity contribution is 7.09. The summed E-state index contributed by atoms with van der Waals surface area (Å²) >= 11 is 1.55. The number of hydrogen-bond acceptors (Lipinski definition) is 6. The van der Waals surface area contributed by atoms with Gasteiger partial charge in [0, 0.05) is 22.2 Å². The van der Waals surface area contributed by atoms with E-state index in [0.717, 1.165) is 20.9 Å². The summed E-state index contributed by atoms with van der Waals surface area (Å²) in [7, 11) is 0. The first kappa shape index (κ1) is 18.8. The average Bonchev–Trinajstić information content (AvgIpc) is 3.29. The number of carbonyl (C=O) groups is 1. The molecule has 0 aliphatic rings. The van der Waals surface area contributed by atoms with Crippen LogP contribution in [0.5, 0.6) is 0 Å². The van der Waals surface area contributed by atoms with E-state index in [2.05, 4.69) is 15.4 Å². The van der Waals surface area contributed by atoms with Crippen molar-refractivity contribution >= 4 is 22.9 Å². The molecule has 0 saturated carbocycles. The lowest BCUT2D eigenvalue weighted by Gasteiger charge is -2.06. The van der Waals surface area contributed by atoms with Crippen LogP contribution in [0.1, 0.15) is 5.01 Å². The molecule has 0 radical (unpaired) electrons. The number of nitrogens with zero attached hydrogens (tertiary/aromatic N) is 3. The number of carbonyl (C=O) groups excluding carboxylic acids is 1. The second-order valence-electron chi connectivity index (χ2n) is 6.22. The first-order valence-electron chi connectivity index (χ1n) is 8.64. The van der Waals surface area contributed by atoms with E-state index in [-0.39, 0.29) is 12.4 Å². The number of aryl methyl sites for hydroxylation is 1. The van der Waals surface area contributed by atoms with E-state index in [9.17, 15) is 14.0 Å². The summed E-state index contributed by atoms with van der Waals surface area (Å²) in [6, 6.07) is 12.6. The van der Waals surface area contributed by atoms with Crippen molar-refractivity contribution in [1.29, 1.82) is 0 Å². The van der Waals surface area contributed by atoms with Crippen LogP contribution in [0.3, 0.4) is 0 Å². The zero-order valence-corrected chi connectivity index (χ0v) is 16.1. The number of amides is 1. The summed E-state index contributed by atoms with van der Waals surface area (Å²) in [4.78, 5) is 28.8. The van der Waals surface area contributed by atoms with Crippen LogP contribution in [-0.2, 0) is 11.3 Å². The fourth-order valence-electron chi connectivity index (χ4n) is 2.70. The molecule has 1 N–H and O–H groups in total. The number of hydrogen-bond donors (Lipinski definition) is 1. The van der Waals surface area contributed by atoms with Gasteiger partial charge < -0.3 is 9.73 Å². The second kappa shape index (κ2) is 7.80. The lowest BCUT2D eigenvalue weighted by molar-refractivity contribution is -0.117. The molecule has 0 aliphatic carbocycles. The van der Waals surface area contributed by atoms with Gasteiger partial charge in [0.05, 0.1) is 10.7 Å². The van der Waals surface area contributed by atoms with Crippen molar-refractivity contribution in [3.8, 4) is 22.7 Å². The molecule has 0 bridgehead atoms. The van der Waals surface area contributed by atoms with Crippen molar-refractivity contribution in [3.63, 3.8) is 0 Å². The van der Waals surface area contributed by atoms with E-state index in [1.165, 1.54) is 24.3 Å². The molecule has 9 heteroatoms. The second-order valence-corrected chi connectivity index (χ2v) is 7.28. The maximum absolute atomic E-state index is 13.0. The highest BCUT2D eigenvalue weighted by atomic mass is 32.1. The third kappa shape index (κ3) is 4.30. The van der Waals surface area contributed by atoms with Gasteiger partial charge >= 0.3 is 5.76 Å². The van der Waals surface area contributed by atoms with Crippen LogP contribution >= 0.6 is 11.3 Å². The van der Waals surface area contributed by atoms with Gasteiger partial charge in [-0.05, 0) is 43.3 Å². The SMILES string of the molecule is Cc1nc(-c2cccc(NC(=O)Cn3nc(-c4ccc(F)cc4)oc3=O)c2)cs1. The lowest BCUT2D eigenvalue weighted by atomic mass is 10.1. The Balaban J connectivity index is 1.48. The molecule has 4 rings (SSSR count). The molecule has 0 atom stereocenters. The Morgan fingerprint density at radius 3 is 2.72 bits per heavy atom. The molecular formula is C20H15FN4O3S. The van der Waals surface area contributed by atoms with Crippen LogP contribution in [-0.4, -0.2) is 20.7 Å². The van der Waals surface area contributed by atoms with Crippen LogP contribution in [0.15, 0.2) is 63.1 Å². The first-order chi connectivity index (χ1) is 14.0. The standard InChI is InChI=1S/C20H15FN4O3S/c1-12-22-17(11-29-12)14-3-2-4-16(9-14)23-18(26)10-25-20(27)28-19(24-25)13-5-7-15(21)8-6-13/h2-9,11H,10H2,1H3,(H,23,26). The molecular weight excluding hydrogens is 395 g/mol. The maximum Gasteiger partial charge on any atom is 0.437 e. The van der Waals surface area contributed by atoms with Crippen LogP contribution in [0, 0.1) is 12.7 Å². The number of anilines is 1. The molecule has 1 amide bonds. The van der Waals surface area contributed by atoms with Crippen molar-refractivity contribution in [1.82, 2.24) is 14.8 Å². The third-order valence-electron chi connectivity index (χ3n) is 4.05. The van der Waals surface area contributed by atoms with Gasteiger partial charge in [0.1, 0.15) is 12.4 Å². The highest BCUT2D eigenvalue weighted by Crippen LogP contribution is 2.24. The van der Waals surface area contributed by atoms with Crippen molar-refractivity contribution in [2.45, 2.75) is 13.5 Å². The summed E-state index contributed by atoms with van der Waals surface area (Å²) in [5.74, 6) is -1.60. The summed E-state index contributed by atoms with van der Waals surface area (Å²) < 4.78 is 19.0. The molecule has 29 heavy (non-hydrogen) atoms. The van der Waals surface area contributed by atoms with Gasteiger partial charge in [0.15, 0.2) is 0 Å². The van der Waals surface area contributed by atoms with Crippen molar-refractivity contribution < 1.29 is 13.6 Å². The van der Waals surface area contributed by atoms with Crippen molar-refractivity contribution in [2.75, 3.05) is 5.32 Å². The Kier molecular flexibility index (Phi) is 5.05.